The molecular formula is C15H26IN3O. The lowest BCUT2D eigenvalue weighted by atomic mass is 10.1. The van der Waals surface area contributed by atoms with E-state index in [1.54, 1.807) is 0 Å². The van der Waals surface area contributed by atoms with Crippen LogP contribution in [0.15, 0.2) is 23.2 Å². The normalized spacial score (nSPS) is 10.8. The van der Waals surface area contributed by atoms with Gasteiger partial charge in [0.25, 0.3) is 0 Å². The van der Waals surface area contributed by atoms with Gasteiger partial charge in [-0.25, -0.2) is 4.99 Å². The number of halogens is 1. The predicted molar refractivity (Wildman–Crippen MR) is 96.0 cm³/mol. The monoisotopic (exact) mass is 391 g/mol. The Labute approximate surface area is 139 Å². The van der Waals surface area contributed by atoms with E-state index in [2.05, 4.69) is 49.3 Å². The van der Waals surface area contributed by atoms with Crippen molar-refractivity contribution >= 4 is 29.9 Å². The molecule has 0 bridgehead atoms. The van der Waals surface area contributed by atoms with Crippen molar-refractivity contribution < 1.29 is 4.74 Å². The molecule has 0 aliphatic carbocycles. The van der Waals surface area contributed by atoms with Crippen molar-refractivity contribution in [1.29, 1.82) is 0 Å². The maximum absolute atomic E-state index is 5.79. The number of hydrogen-bond donors (Lipinski definition) is 2. The van der Waals surface area contributed by atoms with Crippen LogP contribution in [0.25, 0.3) is 0 Å². The highest BCUT2D eigenvalue weighted by atomic mass is 127. The zero-order valence-corrected chi connectivity index (χ0v) is 14.9. The summed E-state index contributed by atoms with van der Waals surface area (Å²) in [7, 11) is 0. The fraction of sp³-hybridized carbons (Fsp3) is 0.533. The first kappa shape index (κ1) is 19.0. The first-order valence-corrected chi connectivity index (χ1v) is 6.93. The number of nitrogens with zero attached hydrogens (tertiary/aromatic N) is 1. The summed E-state index contributed by atoms with van der Waals surface area (Å²) in [6.07, 6.45) is 2.03. The van der Waals surface area contributed by atoms with Gasteiger partial charge in [-0.1, -0.05) is 26.0 Å². The van der Waals surface area contributed by atoms with Gasteiger partial charge in [-0.2, -0.15) is 0 Å². The summed E-state index contributed by atoms with van der Waals surface area (Å²) < 4.78 is 5.75. The first-order chi connectivity index (χ1) is 9.17. The first-order valence-electron chi connectivity index (χ1n) is 6.93. The van der Waals surface area contributed by atoms with Crippen LogP contribution in [-0.4, -0.2) is 19.1 Å². The molecule has 0 saturated carbocycles. The summed E-state index contributed by atoms with van der Waals surface area (Å²) in [6.45, 7) is 8.37. The maximum Gasteiger partial charge on any atom is 0.188 e. The van der Waals surface area contributed by atoms with E-state index in [1.165, 1.54) is 5.56 Å². The Morgan fingerprint density at radius 3 is 2.70 bits per heavy atom. The molecule has 0 atom stereocenters. The summed E-state index contributed by atoms with van der Waals surface area (Å²) >= 11 is 0. The summed E-state index contributed by atoms with van der Waals surface area (Å²) in [6, 6.07) is 6.17. The molecule has 0 saturated heterocycles. The summed E-state index contributed by atoms with van der Waals surface area (Å²) in [5.41, 5.74) is 8.05. The molecule has 5 heteroatoms. The standard InChI is InChI=1S/C15H25N3O.HI/c1-4-8-17-15(16)18-11-13-7-6-12(3)10-14(13)19-9-5-2;/h6-7,10H,4-5,8-9,11H2,1-3H3,(H3,16,17,18);1H. The van der Waals surface area contributed by atoms with Crippen LogP contribution in [0, 0.1) is 6.92 Å². The van der Waals surface area contributed by atoms with Crippen LogP contribution in [0.4, 0.5) is 0 Å². The molecule has 1 aromatic carbocycles. The lowest BCUT2D eigenvalue weighted by Gasteiger charge is -2.11. The Morgan fingerprint density at radius 2 is 2.05 bits per heavy atom. The van der Waals surface area contributed by atoms with E-state index in [-0.39, 0.29) is 24.0 Å². The highest BCUT2D eigenvalue weighted by Crippen LogP contribution is 2.21. The van der Waals surface area contributed by atoms with Gasteiger partial charge < -0.3 is 15.8 Å². The van der Waals surface area contributed by atoms with E-state index >= 15 is 0 Å². The van der Waals surface area contributed by atoms with E-state index in [4.69, 9.17) is 10.5 Å². The Morgan fingerprint density at radius 1 is 1.30 bits per heavy atom. The van der Waals surface area contributed by atoms with Gasteiger partial charge in [0.15, 0.2) is 5.96 Å². The Kier molecular flexibility index (Phi) is 10.2. The van der Waals surface area contributed by atoms with Crippen molar-refractivity contribution in [1.82, 2.24) is 5.32 Å². The number of benzene rings is 1. The molecule has 0 fully saturated rings. The van der Waals surface area contributed by atoms with Crippen LogP contribution in [0.2, 0.25) is 0 Å². The van der Waals surface area contributed by atoms with Crippen LogP contribution in [0.3, 0.4) is 0 Å². The third-order valence-corrected chi connectivity index (χ3v) is 2.66. The molecule has 1 rings (SSSR count). The zero-order chi connectivity index (χ0) is 14.1. The number of rotatable bonds is 7. The largest absolute Gasteiger partial charge is 0.493 e. The number of hydrogen-bond acceptors (Lipinski definition) is 2. The van der Waals surface area contributed by atoms with Crippen molar-refractivity contribution in [3.63, 3.8) is 0 Å². The third-order valence-electron chi connectivity index (χ3n) is 2.66. The lowest BCUT2D eigenvalue weighted by molar-refractivity contribution is 0.314. The van der Waals surface area contributed by atoms with E-state index in [0.717, 1.165) is 37.3 Å². The van der Waals surface area contributed by atoms with Crippen molar-refractivity contribution in [2.45, 2.75) is 40.2 Å². The van der Waals surface area contributed by atoms with Crippen molar-refractivity contribution in [2.75, 3.05) is 13.2 Å². The zero-order valence-electron chi connectivity index (χ0n) is 12.6. The van der Waals surface area contributed by atoms with Crippen LogP contribution in [0.5, 0.6) is 5.75 Å². The summed E-state index contributed by atoms with van der Waals surface area (Å²) in [4.78, 5) is 4.33. The average Bonchev–Trinajstić information content (AvgIpc) is 2.41. The molecule has 0 aliphatic heterocycles. The minimum absolute atomic E-state index is 0. The second-order valence-corrected chi connectivity index (χ2v) is 4.59. The Hall–Kier alpha value is -0.980. The molecule has 4 nitrogen and oxygen atoms in total. The van der Waals surface area contributed by atoms with E-state index in [0.29, 0.717) is 12.5 Å². The van der Waals surface area contributed by atoms with Crippen molar-refractivity contribution in [3.05, 3.63) is 29.3 Å². The number of aliphatic imine (C=N–C) groups is 1. The van der Waals surface area contributed by atoms with Gasteiger partial charge in [0.1, 0.15) is 5.75 Å². The molecule has 1 aromatic rings. The number of nitrogens with one attached hydrogen (secondary N) is 1. The van der Waals surface area contributed by atoms with E-state index in [1.807, 2.05) is 0 Å². The van der Waals surface area contributed by atoms with Crippen LogP contribution in [0.1, 0.15) is 37.8 Å². The number of ether oxygens (including phenoxy) is 1. The molecule has 0 amide bonds. The van der Waals surface area contributed by atoms with E-state index in [9.17, 15) is 0 Å². The van der Waals surface area contributed by atoms with Gasteiger partial charge in [0.2, 0.25) is 0 Å². The molecule has 3 N–H and O–H groups in total. The van der Waals surface area contributed by atoms with Gasteiger partial charge in [0, 0.05) is 12.1 Å². The van der Waals surface area contributed by atoms with Crippen LogP contribution < -0.4 is 15.8 Å². The smallest absolute Gasteiger partial charge is 0.188 e. The summed E-state index contributed by atoms with van der Waals surface area (Å²) in [5.74, 6) is 1.40. The van der Waals surface area contributed by atoms with Crippen LogP contribution in [-0.2, 0) is 6.54 Å². The Balaban J connectivity index is 0.00000361. The number of aryl methyl sites for hydroxylation is 1. The van der Waals surface area contributed by atoms with Gasteiger partial charge >= 0.3 is 0 Å². The molecular weight excluding hydrogens is 365 g/mol. The fourth-order valence-electron chi connectivity index (χ4n) is 1.62. The van der Waals surface area contributed by atoms with Gasteiger partial charge in [-0.05, 0) is 31.4 Å². The second-order valence-electron chi connectivity index (χ2n) is 4.59. The minimum atomic E-state index is 0. The SMILES string of the molecule is CCCNC(N)=NCc1ccc(C)cc1OCCC.I. The summed E-state index contributed by atoms with van der Waals surface area (Å²) in [5, 5.41) is 3.06. The maximum atomic E-state index is 5.79. The second kappa shape index (κ2) is 10.8. The highest BCUT2D eigenvalue weighted by Gasteiger charge is 2.03. The quantitative estimate of drug-likeness (QED) is 0.426. The lowest BCUT2D eigenvalue weighted by Crippen LogP contribution is -2.32. The molecule has 114 valence electrons. The predicted octanol–water partition coefficient (Wildman–Crippen LogP) is 3.22. The van der Waals surface area contributed by atoms with Gasteiger partial charge in [-0.3, -0.25) is 0 Å². The van der Waals surface area contributed by atoms with Crippen molar-refractivity contribution in [3.8, 4) is 5.75 Å². The van der Waals surface area contributed by atoms with Gasteiger partial charge in [0.05, 0.1) is 13.2 Å². The van der Waals surface area contributed by atoms with Crippen molar-refractivity contribution in [2.24, 2.45) is 10.7 Å². The molecule has 0 spiro atoms. The number of nitrogens with two attached hydrogens (primary N) is 1. The fourth-order valence-corrected chi connectivity index (χ4v) is 1.62. The molecule has 20 heavy (non-hydrogen) atoms. The molecule has 0 heterocycles. The van der Waals surface area contributed by atoms with Crippen LogP contribution >= 0.6 is 24.0 Å². The van der Waals surface area contributed by atoms with E-state index < -0.39 is 0 Å². The average molecular weight is 391 g/mol. The molecule has 0 aliphatic rings. The molecule has 0 aromatic heterocycles. The number of guanidine groups is 1. The molecule has 0 unspecified atom stereocenters. The third kappa shape index (κ3) is 6.98. The Bertz CT molecular complexity index is 422. The topological polar surface area (TPSA) is 59.6 Å². The minimum Gasteiger partial charge on any atom is -0.493 e. The highest BCUT2D eigenvalue weighted by molar-refractivity contribution is 14.0. The van der Waals surface area contributed by atoms with Gasteiger partial charge in [-0.15, -0.1) is 24.0 Å². The molecule has 0 radical (unpaired) electrons.